The van der Waals surface area contributed by atoms with Crippen molar-refractivity contribution < 1.29 is 0 Å². The minimum Gasteiger partial charge on any atom is -0.305 e. The molecule has 0 N–H and O–H groups in total. The van der Waals surface area contributed by atoms with Crippen molar-refractivity contribution in [3.63, 3.8) is 0 Å². The lowest BCUT2D eigenvalue weighted by Gasteiger charge is -2.05. The van der Waals surface area contributed by atoms with Gasteiger partial charge in [-0.3, -0.25) is 4.68 Å². The first-order chi connectivity index (χ1) is 11.1. The number of halogens is 1. The highest BCUT2D eigenvalue weighted by molar-refractivity contribution is 7.99. The zero-order chi connectivity index (χ0) is 16.2. The van der Waals surface area contributed by atoms with Crippen LogP contribution in [0.15, 0.2) is 41.8 Å². The Bertz CT molecular complexity index is 795. The van der Waals surface area contributed by atoms with Crippen LogP contribution < -0.4 is 0 Å². The topological polar surface area (TPSA) is 48.5 Å². The predicted octanol–water partition coefficient (Wildman–Crippen LogP) is 3.59. The largest absolute Gasteiger partial charge is 0.305 e. The third kappa shape index (κ3) is 3.76. The quantitative estimate of drug-likeness (QED) is 0.505. The van der Waals surface area contributed by atoms with Crippen molar-refractivity contribution in [3.05, 3.63) is 47.2 Å². The molecule has 0 radical (unpaired) electrons. The van der Waals surface area contributed by atoms with Gasteiger partial charge in [0.25, 0.3) is 0 Å². The summed E-state index contributed by atoms with van der Waals surface area (Å²) in [6.07, 6.45) is 6.08. The van der Waals surface area contributed by atoms with E-state index in [2.05, 4.69) is 21.5 Å². The molecule has 0 fully saturated rings. The maximum atomic E-state index is 6.24. The molecule has 3 aromatic rings. The molecule has 0 spiro atoms. The summed E-state index contributed by atoms with van der Waals surface area (Å²) in [6, 6.07) is 7.70. The first kappa shape index (κ1) is 16.1. The number of hydrogen-bond donors (Lipinski definition) is 0. The van der Waals surface area contributed by atoms with Gasteiger partial charge in [0.15, 0.2) is 11.0 Å². The van der Waals surface area contributed by atoms with Gasteiger partial charge in [0.1, 0.15) is 0 Å². The molecule has 0 amide bonds. The van der Waals surface area contributed by atoms with E-state index < -0.39 is 0 Å². The molecular weight excluding hydrogens is 330 g/mol. The molecule has 23 heavy (non-hydrogen) atoms. The third-order valence-electron chi connectivity index (χ3n) is 3.55. The second-order valence-electron chi connectivity index (χ2n) is 5.32. The molecule has 0 atom stereocenters. The summed E-state index contributed by atoms with van der Waals surface area (Å²) in [7, 11) is 3.91. The van der Waals surface area contributed by atoms with E-state index in [1.165, 1.54) is 5.56 Å². The number of aromatic nitrogens is 5. The Kier molecular flexibility index (Phi) is 5.03. The van der Waals surface area contributed by atoms with Crippen molar-refractivity contribution in [2.75, 3.05) is 5.75 Å². The fraction of sp³-hybridized carbons (Fsp3) is 0.312. The number of benzene rings is 1. The van der Waals surface area contributed by atoms with E-state index in [1.54, 1.807) is 11.8 Å². The van der Waals surface area contributed by atoms with Crippen molar-refractivity contribution in [1.29, 1.82) is 0 Å². The van der Waals surface area contributed by atoms with E-state index in [-0.39, 0.29) is 0 Å². The first-order valence-corrected chi connectivity index (χ1v) is 8.76. The predicted molar refractivity (Wildman–Crippen MR) is 93.7 cm³/mol. The van der Waals surface area contributed by atoms with Crippen molar-refractivity contribution in [2.24, 2.45) is 14.1 Å². The minimum atomic E-state index is 0.691. The summed E-state index contributed by atoms with van der Waals surface area (Å²) in [5, 5.41) is 14.3. The number of nitrogens with zero attached hydrogens (tertiary/aromatic N) is 5. The molecule has 0 aliphatic rings. The van der Waals surface area contributed by atoms with Crippen molar-refractivity contribution in [1.82, 2.24) is 24.5 Å². The zero-order valence-corrected chi connectivity index (χ0v) is 14.7. The average molecular weight is 348 g/mol. The van der Waals surface area contributed by atoms with Crippen LogP contribution >= 0.6 is 23.4 Å². The third-order valence-corrected chi connectivity index (χ3v) is 4.99. The van der Waals surface area contributed by atoms with Gasteiger partial charge in [-0.15, -0.1) is 10.2 Å². The SMILES string of the molecule is Cn1cc(CCCSc2nnc(-c3ccccc3Cl)n2C)cn1. The van der Waals surface area contributed by atoms with Crippen LogP contribution in [0.4, 0.5) is 0 Å². The Morgan fingerprint density at radius 3 is 2.74 bits per heavy atom. The van der Waals surface area contributed by atoms with E-state index >= 15 is 0 Å². The Balaban J connectivity index is 1.60. The number of thioether (sulfide) groups is 1. The van der Waals surface area contributed by atoms with Crippen molar-refractivity contribution >= 4 is 23.4 Å². The summed E-state index contributed by atoms with van der Waals surface area (Å²) in [5.41, 5.74) is 2.18. The van der Waals surface area contributed by atoms with Gasteiger partial charge in [0.2, 0.25) is 0 Å². The molecule has 0 aliphatic carbocycles. The fourth-order valence-corrected chi connectivity index (χ4v) is 3.43. The summed E-state index contributed by atoms with van der Waals surface area (Å²) in [5.74, 6) is 1.79. The van der Waals surface area contributed by atoms with Crippen LogP contribution in [0, 0.1) is 0 Å². The minimum absolute atomic E-state index is 0.691. The van der Waals surface area contributed by atoms with Gasteiger partial charge in [-0.05, 0) is 30.5 Å². The van der Waals surface area contributed by atoms with E-state index in [1.807, 2.05) is 53.8 Å². The van der Waals surface area contributed by atoms with Gasteiger partial charge in [-0.1, -0.05) is 35.5 Å². The van der Waals surface area contributed by atoms with Crippen LogP contribution in [0.3, 0.4) is 0 Å². The fourth-order valence-electron chi connectivity index (χ4n) is 2.36. The standard InChI is InChI=1S/C16H18ClN5S/c1-21-11-12(10-18-21)6-5-9-23-16-20-19-15(22(16)2)13-7-3-4-8-14(13)17/h3-4,7-8,10-11H,5-6,9H2,1-2H3. The van der Waals surface area contributed by atoms with Crippen molar-refractivity contribution in [2.45, 2.75) is 18.0 Å². The van der Waals surface area contributed by atoms with E-state index in [0.29, 0.717) is 5.02 Å². The Labute approximate surface area is 144 Å². The van der Waals surface area contributed by atoms with Gasteiger partial charge in [0.05, 0.1) is 11.2 Å². The van der Waals surface area contributed by atoms with Crippen LogP contribution in [-0.2, 0) is 20.5 Å². The molecular formula is C16H18ClN5S. The smallest absolute Gasteiger partial charge is 0.191 e. The number of hydrogen-bond acceptors (Lipinski definition) is 4. The molecule has 0 saturated heterocycles. The number of aryl methyl sites for hydroxylation is 2. The van der Waals surface area contributed by atoms with E-state index in [4.69, 9.17) is 11.6 Å². The lowest BCUT2D eigenvalue weighted by molar-refractivity contribution is 0.766. The van der Waals surface area contributed by atoms with E-state index in [0.717, 1.165) is 35.1 Å². The molecule has 3 rings (SSSR count). The van der Waals surface area contributed by atoms with Crippen LogP contribution in [0.1, 0.15) is 12.0 Å². The highest BCUT2D eigenvalue weighted by Crippen LogP contribution is 2.28. The Morgan fingerprint density at radius 2 is 2.00 bits per heavy atom. The monoisotopic (exact) mass is 347 g/mol. The van der Waals surface area contributed by atoms with Gasteiger partial charge in [-0.25, -0.2) is 0 Å². The summed E-state index contributed by atoms with van der Waals surface area (Å²) in [4.78, 5) is 0. The Hall–Kier alpha value is -1.79. The first-order valence-electron chi connectivity index (χ1n) is 7.40. The average Bonchev–Trinajstić information content (AvgIpc) is 3.11. The van der Waals surface area contributed by atoms with Gasteiger partial charge >= 0.3 is 0 Å². The molecule has 0 saturated carbocycles. The molecule has 0 unspecified atom stereocenters. The molecule has 0 aliphatic heterocycles. The zero-order valence-electron chi connectivity index (χ0n) is 13.1. The summed E-state index contributed by atoms with van der Waals surface area (Å²) >= 11 is 7.95. The summed E-state index contributed by atoms with van der Waals surface area (Å²) in [6.45, 7) is 0. The van der Waals surface area contributed by atoms with E-state index in [9.17, 15) is 0 Å². The van der Waals surface area contributed by atoms with Crippen molar-refractivity contribution in [3.8, 4) is 11.4 Å². The van der Waals surface area contributed by atoms with Crippen LogP contribution in [0.25, 0.3) is 11.4 Å². The van der Waals surface area contributed by atoms with Crippen LogP contribution in [0.2, 0.25) is 5.02 Å². The molecule has 2 heterocycles. The summed E-state index contributed by atoms with van der Waals surface area (Å²) < 4.78 is 3.83. The maximum absolute atomic E-state index is 6.24. The lowest BCUT2D eigenvalue weighted by atomic mass is 10.2. The molecule has 1 aromatic carbocycles. The molecule has 7 heteroatoms. The van der Waals surface area contributed by atoms with Gasteiger partial charge < -0.3 is 4.57 Å². The molecule has 2 aromatic heterocycles. The molecule has 120 valence electrons. The van der Waals surface area contributed by atoms with Gasteiger partial charge in [0, 0.05) is 31.6 Å². The lowest BCUT2D eigenvalue weighted by Crippen LogP contribution is -1.96. The highest BCUT2D eigenvalue weighted by Gasteiger charge is 2.13. The second kappa shape index (κ2) is 7.19. The maximum Gasteiger partial charge on any atom is 0.191 e. The highest BCUT2D eigenvalue weighted by atomic mass is 35.5. The normalized spacial score (nSPS) is 11.1. The van der Waals surface area contributed by atoms with Gasteiger partial charge in [-0.2, -0.15) is 5.10 Å². The van der Waals surface area contributed by atoms with Crippen LogP contribution in [0.5, 0.6) is 0 Å². The Morgan fingerprint density at radius 1 is 1.17 bits per heavy atom. The molecule has 5 nitrogen and oxygen atoms in total. The van der Waals surface area contributed by atoms with Crippen LogP contribution in [-0.4, -0.2) is 30.3 Å². The number of rotatable bonds is 6. The molecule has 0 bridgehead atoms. The second-order valence-corrected chi connectivity index (χ2v) is 6.79.